The Bertz CT molecular complexity index is 1060. The number of carbonyl (C=O) groups excluding carboxylic acids is 2. The molecule has 6 unspecified atom stereocenters. The van der Waals surface area contributed by atoms with Crippen LogP contribution < -0.4 is 0 Å². The van der Waals surface area contributed by atoms with Gasteiger partial charge in [-0.15, -0.1) is 0 Å². The van der Waals surface area contributed by atoms with Crippen molar-refractivity contribution in [3.05, 3.63) is 12.2 Å². The van der Waals surface area contributed by atoms with Gasteiger partial charge in [-0.2, -0.15) is 0 Å². The Morgan fingerprint density at radius 2 is 0.895 bits per heavy atom. The Balaban J connectivity index is 2.48. The van der Waals surface area contributed by atoms with Crippen LogP contribution in [0.15, 0.2) is 12.2 Å². The second-order valence-corrected chi connectivity index (χ2v) is 17.3. The van der Waals surface area contributed by atoms with E-state index in [1.807, 2.05) is 0 Å². The molecule has 1 saturated carbocycles. The third-order valence-electron chi connectivity index (χ3n) is 10.6. The normalized spacial score (nSPS) is 22.7. The fraction of sp³-hybridized carbons (Fsp3) is 0.907. The van der Waals surface area contributed by atoms with Crippen LogP contribution in [0.1, 0.15) is 194 Å². The van der Waals surface area contributed by atoms with Gasteiger partial charge < -0.3 is 39.9 Å². The first kappa shape index (κ1) is 53.6. The Morgan fingerprint density at radius 1 is 0.526 bits per heavy atom. The number of hydrogen-bond donors (Lipinski definition) is 6. The highest BCUT2D eigenvalue weighted by atomic mass is 31.2. The summed E-state index contributed by atoms with van der Waals surface area (Å²) in [7, 11) is -5.11. The zero-order valence-electron chi connectivity index (χ0n) is 35.4. The molecule has 0 spiro atoms. The molecule has 0 heterocycles. The fourth-order valence-electron chi connectivity index (χ4n) is 6.93. The van der Waals surface area contributed by atoms with Crippen LogP contribution in [0.4, 0.5) is 0 Å². The van der Waals surface area contributed by atoms with Gasteiger partial charge in [-0.05, 0) is 38.5 Å². The van der Waals surface area contributed by atoms with E-state index in [0.29, 0.717) is 12.8 Å². The van der Waals surface area contributed by atoms with Gasteiger partial charge in [0.25, 0.3) is 0 Å². The molecule has 0 amide bonds. The van der Waals surface area contributed by atoms with Crippen LogP contribution in [0.25, 0.3) is 0 Å². The van der Waals surface area contributed by atoms with Gasteiger partial charge >= 0.3 is 19.8 Å². The van der Waals surface area contributed by atoms with Gasteiger partial charge in [0.05, 0.1) is 6.61 Å². The van der Waals surface area contributed by atoms with Crippen LogP contribution in [-0.2, 0) is 32.7 Å². The van der Waals surface area contributed by atoms with Crippen molar-refractivity contribution < 1.29 is 63.1 Å². The van der Waals surface area contributed by atoms with E-state index < -0.39 is 75.7 Å². The SMILES string of the molecule is CCCCCCCC/C=C/CCCCCCCC(=O)OC(COC(=O)CCCCCCCCCCCCCCC)COP(=O)(O)OC1C(O)C(O)C(O)C(O)C1O. The molecule has 0 aromatic carbocycles. The molecule has 0 aromatic rings. The van der Waals surface area contributed by atoms with Gasteiger partial charge in [-0.1, -0.05) is 154 Å². The molecule has 336 valence electrons. The number of hydrogen-bond acceptors (Lipinski definition) is 12. The maximum absolute atomic E-state index is 12.8. The molecule has 6 N–H and O–H groups in total. The highest BCUT2D eigenvalue weighted by Crippen LogP contribution is 2.47. The first-order valence-corrected chi connectivity index (χ1v) is 24.0. The molecule has 0 bridgehead atoms. The van der Waals surface area contributed by atoms with Crippen molar-refractivity contribution in [3.8, 4) is 0 Å². The summed E-state index contributed by atoms with van der Waals surface area (Å²) in [5.41, 5.74) is 0. The van der Waals surface area contributed by atoms with Gasteiger partial charge in [0.2, 0.25) is 0 Å². The van der Waals surface area contributed by atoms with Gasteiger partial charge in [0, 0.05) is 12.8 Å². The van der Waals surface area contributed by atoms with E-state index >= 15 is 0 Å². The number of aliphatic hydroxyl groups excluding tert-OH is 5. The number of phosphoric acid groups is 1. The molecule has 1 fully saturated rings. The predicted octanol–water partition coefficient (Wildman–Crippen LogP) is 8.28. The van der Waals surface area contributed by atoms with Crippen molar-refractivity contribution in [3.63, 3.8) is 0 Å². The highest BCUT2D eigenvalue weighted by molar-refractivity contribution is 7.47. The van der Waals surface area contributed by atoms with E-state index in [0.717, 1.165) is 57.8 Å². The van der Waals surface area contributed by atoms with Crippen LogP contribution in [0.5, 0.6) is 0 Å². The monoisotopic (exact) mass is 837 g/mol. The molecular formula is C43H81O13P. The van der Waals surface area contributed by atoms with Crippen molar-refractivity contribution in [1.29, 1.82) is 0 Å². The molecule has 13 nitrogen and oxygen atoms in total. The van der Waals surface area contributed by atoms with Crippen LogP contribution >= 0.6 is 7.82 Å². The third-order valence-corrected chi connectivity index (χ3v) is 11.6. The second-order valence-electron chi connectivity index (χ2n) is 15.9. The lowest BCUT2D eigenvalue weighted by molar-refractivity contribution is -0.220. The molecule has 1 rings (SSSR count). The Labute approximate surface area is 343 Å². The summed E-state index contributed by atoms with van der Waals surface area (Å²) in [5.74, 6) is -1.10. The number of carbonyl (C=O) groups is 2. The van der Waals surface area contributed by atoms with E-state index in [1.165, 1.54) is 96.3 Å². The lowest BCUT2D eigenvalue weighted by Crippen LogP contribution is -2.64. The van der Waals surface area contributed by atoms with Gasteiger partial charge in [-0.25, -0.2) is 4.57 Å². The molecule has 57 heavy (non-hydrogen) atoms. The largest absolute Gasteiger partial charge is 0.472 e. The molecule has 0 saturated heterocycles. The number of aliphatic hydroxyl groups is 5. The molecule has 1 aliphatic carbocycles. The van der Waals surface area contributed by atoms with E-state index in [9.17, 15) is 44.6 Å². The average Bonchev–Trinajstić information content (AvgIpc) is 3.19. The lowest BCUT2D eigenvalue weighted by Gasteiger charge is -2.41. The maximum Gasteiger partial charge on any atom is 0.472 e. The number of rotatable bonds is 37. The Kier molecular flexibility index (Phi) is 32.3. The minimum atomic E-state index is -5.11. The van der Waals surface area contributed by atoms with Gasteiger partial charge in [0.1, 0.15) is 43.2 Å². The summed E-state index contributed by atoms with van der Waals surface area (Å²) in [4.78, 5) is 35.6. The minimum absolute atomic E-state index is 0.0907. The van der Waals surface area contributed by atoms with Gasteiger partial charge in [-0.3, -0.25) is 18.6 Å². The molecule has 6 atom stereocenters. The smallest absolute Gasteiger partial charge is 0.462 e. The summed E-state index contributed by atoms with van der Waals surface area (Å²) in [6.07, 6.45) is 21.2. The third kappa shape index (κ3) is 27.1. The minimum Gasteiger partial charge on any atom is -0.462 e. The molecular weight excluding hydrogens is 755 g/mol. The van der Waals surface area contributed by atoms with Crippen molar-refractivity contribution in [2.45, 2.75) is 236 Å². The number of allylic oxidation sites excluding steroid dienone is 2. The lowest BCUT2D eigenvalue weighted by atomic mass is 9.85. The molecule has 0 aliphatic heterocycles. The quantitative estimate of drug-likeness (QED) is 0.0151. The van der Waals surface area contributed by atoms with E-state index in [1.54, 1.807) is 0 Å². The predicted molar refractivity (Wildman–Crippen MR) is 221 cm³/mol. The zero-order chi connectivity index (χ0) is 42.2. The Morgan fingerprint density at radius 3 is 1.33 bits per heavy atom. The maximum atomic E-state index is 12.8. The van der Waals surface area contributed by atoms with E-state index in [2.05, 4.69) is 26.0 Å². The molecule has 0 aromatic heterocycles. The second kappa shape index (κ2) is 34.3. The zero-order valence-corrected chi connectivity index (χ0v) is 36.3. The van der Waals surface area contributed by atoms with Crippen LogP contribution in [0, 0.1) is 0 Å². The van der Waals surface area contributed by atoms with Crippen molar-refractivity contribution in [2.24, 2.45) is 0 Å². The number of unbranched alkanes of at least 4 members (excludes halogenated alkanes) is 23. The summed E-state index contributed by atoms with van der Waals surface area (Å²) in [6.45, 7) is 3.29. The average molecular weight is 837 g/mol. The highest BCUT2D eigenvalue weighted by Gasteiger charge is 2.51. The number of esters is 2. The van der Waals surface area contributed by atoms with Crippen molar-refractivity contribution in [2.75, 3.05) is 13.2 Å². The topological polar surface area (TPSA) is 210 Å². The standard InChI is InChI=1S/C43H81O13P/c1-3-5-7-9-11-13-15-17-18-20-22-24-26-28-30-32-37(45)55-35(34-54-57(51,52)56-43-41(49)39(47)38(46)40(48)42(43)50)33-53-36(44)31-29-27-25-23-21-19-16-14-12-10-8-6-4-2/h17-18,35,38-43,46-50H,3-16,19-34H2,1-2H3,(H,51,52)/b18-17+. The molecule has 0 radical (unpaired) electrons. The first-order chi connectivity index (χ1) is 27.4. The summed E-state index contributed by atoms with van der Waals surface area (Å²) in [5, 5.41) is 50.1. The summed E-state index contributed by atoms with van der Waals surface area (Å²) >= 11 is 0. The molecule has 14 heteroatoms. The van der Waals surface area contributed by atoms with E-state index in [-0.39, 0.29) is 12.8 Å². The van der Waals surface area contributed by atoms with Crippen LogP contribution in [-0.4, -0.2) is 98.3 Å². The summed E-state index contributed by atoms with van der Waals surface area (Å²) < 4.78 is 33.5. The van der Waals surface area contributed by atoms with Crippen LogP contribution in [0.2, 0.25) is 0 Å². The first-order valence-electron chi connectivity index (χ1n) is 22.5. The van der Waals surface area contributed by atoms with Crippen molar-refractivity contribution in [1.82, 2.24) is 0 Å². The number of ether oxygens (including phenoxy) is 2. The van der Waals surface area contributed by atoms with Crippen LogP contribution in [0.3, 0.4) is 0 Å². The van der Waals surface area contributed by atoms with E-state index in [4.69, 9.17) is 18.5 Å². The Hall–Kier alpha value is -1.41. The van der Waals surface area contributed by atoms with Gasteiger partial charge in [0.15, 0.2) is 6.10 Å². The summed E-state index contributed by atoms with van der Waals surface area (Å²) in [6, 6.07) is 0. The molecule has 1 aliphatic rings. The number of phosphoric ester groups is 1. The fourth-order valence-corrected chi connectivity index (χ4v) is 7.90. The van der Waals surface area contributed by atoms with Crippen molar-refractivity contribution >= 4 is 19.8 Å².